The van der Waals surface area contributed by atoms with Gasteiger partial charge in [0.1, 0.15) is 0 Å². The number of thioether (sulfide) groups is 1. The minimum Gasteiger partial charge on any atom is -0.354 e. The first-order valence-electron chi connectivity index (χ1n) is 6.54. The third-order valence-corrected chi connectivity index (χ3v) is 5.28. The molecule has 0 aromatic carbocycles. The van der Waals surface area contributed by atoms with E-state index in [-0.39, 0.29) is 11.8 Å². The maximum atomic E-state index is 6.00. The highest BCUT2D eigenvalue weighted by Crippen LogP contribution is 2.33. The van der Waals surface area contributed by atoms with Crippen LogP contribution in [0.1, 0.15) is 27.2 Å². The molecule has 1 heterocycles. The SMILES string of the molecule is COC(OC)C(C)(CN)N1CCSC(C)(C)CC1. The molecule has 1 saturated heterocycles. The lowest BCUT2D eigenvalue weighted by Gasteiger charge is -2.44. The Bertz CT molecular complexity index is 259. The van der Waals surface area contributed by atoms with Crippen molar-refractivity contribution in [2.75, 3.05) is 39.6 Å². The van der Waals surface area contributed by atoms with Crippen molar-refractivity contribution in [3.63, 3.8) is 0 Å². The van der Waals surface area contributed by atoms with Gasteiger partial charge in [-0.05, 0) is 13.3 Å². The zero-order valence-electron chi connectivity index (χ0n) is 12.4. The second-order valence-corrected chi connectivity index (χ2v) is 7.51. The molecule has 18 heavy (non-hydrogen) atoms. The summed E-state index contributed by atoms with van der Waals surface area (Å²) in [4.78, 5) is 2.42. The molecule has 108 valence electrons. The summed E-state index contributed by atoms with van der Waals surface area (Å²) >= 11 is 2.03. The standard InChI is InChI=1S/C13H28N2O2S/c1-12(2)6-7-15(8-9-18-12)13(3,10-14)11(16-4)17-5/h11H,6-10,14H2,1-5H3. The van der Waals surface area contributed by atoms with E-state index < -0.39 is 0 Å². The summed E-state index contributed by atoms with van der Waals surface area (Å²) in [5, 5.41) is 0. The fourth-order valence-corrected chi connectivity index (χ4v) is 3.61. The fraction of sp³-hybridized carbons (Fsp3) is 1.00. The minimum absolute atomic E-state index is 0.259. The van der Waals surface area contributed by atoms with Gasteiger partial charge in [-0.25, -0.2) is 0 Å². The second-order valence-electron chi connectivity index (χ2n) is 5.71. The molecule has 0 amide bonds. The maximum Gasteiger partial charge on any atom is 0.176 e. The number of nitrogens with zero attached hydrogens (tertiary/aromatic N) is 1. The Kier molecular flexibility index (Phi) is 5.93. The van der Waals surface area contributed by atoms with Gasteiger partial charge in [0.25, 0.3) is 0 Å². The predicted molar refractivity (Wildman–Crippen MR) is 78.0 cm³/mol. The van der Waals surface area contributed by atoms with Crippen LogP contribution in [0.4, 0.5) is 0 Å². The number of hydrogen-bond donors (Lipinski definition) is 1. The van der Waals surface area contributed by atoms with Gasteiger partial charge in [-0.15, -0.1) is 0 Å². The van der Waals surface area contributed by atoms with E-state index in [0.717, 1.165) is 25.3 Å². The Labute approximate surface area is 116 Å². The number of hydrogen-bond acceptors (Lipinski definition) is 5. The average Bonchev–Trinajstić information content (AvgIpc) is 2.51. The molecule has 1 rings (SSSR count). The normalized spacial score (nSPS) is 24.8. The third-order valence-electron chi connectivity index (χ3n) is 3.91. The van der Waals surface area contributed by atoms with Gasteiger partial charge in [-0.3, -0.25) is 4.90 Å². The zero-order chi connectivity index (χ0) is 13.8. The lowest BCUT2D eigenvalue weighted by atomic mass is 9.97. The molecule has 0 radical (unpaired) electrons. The Balaban J connectivity index is 2.81. The second kappa shape index (κ2) is 6.57. The van der Waals surface area contributed by atoms with Crippen LogP contribution in [0.2, 0.25) is 0 Å². The van der Waals surface area contributed by atoms with Crippen LogP contribution >= 0.6 is 11.8 Å². The maximum absolute atomic E-state index is 6.00. The van der Waals surface area contributed by atoms with E-state index >= 15 is 0 Å². The molecule has 0 aromatic rings. The first-order chi connectivity index (χ1) is 8.39. The average molecular weight is 276 g/mol. The summed E-state index contributed by atoms with van der Waals surface area (Å²) in [6, 6.07) is 0. The number of methoxy groups -OCH3 is 2. The molecule has 4 nitrogen and oxygen atoms in total. The molecular formula is C13H28N2O2S. The van der Waals surface area contributed by atoms with Crippen LogP contribution in [0.5, 0.6) is 0 Å². The number of rotatable bonds is 5. The van der Waals surface area contributed by atoms with Crippen LogP contribution < -0.4 is 5.73 Å². The van der Waals surface area contributed by atoms with Crippen LogP contribution in [-0.4, -0.2) is 61.1 Å². The summed E-state index contributed by atoms with van der Waals surface area (Å²) in [7, 11) is 3.36. The largest absolute Gasteiger partial charge is 0.354 e. The first-order valence-corrected chi connectivity index (χ1v) is 7.53. The van der Waals surface area contributed by atoms with Gasteiger partial charge in [0, 0.05) is 44.4 Å². The van der Waals surface area contributed by atoms with Crippen molar-refractivity contribution in [1.29, 1.82) is 0 Å². The van der Waals surface area contributed by atoms with Gasteiger partial charge in [-0.2, -0.15) is 11.8 Å². The molecule has 0 bridgehead atoms. The molecule has 1 atom stereocenters. The monoisotopic (exact) mass is 276 g/mol. The molecule has 1 unspecified atom stereocenters. The van der Waals surface area contributed by atoms with Crippen molar-refractivity contribution < 1.29 is 9.47 Å². The Morgan fingerprint density at radius 2 is 1.94 bits per heavy atom. The van der Waals surface area contributed by atoms with Crippen LogP contribution in [-0.2, 0) is 9.47 Å². The van der Waals surface area contributed by atoms with Gasteiger partial charge in [0.15, 0.2) is 6.29 Å². The van der Waals surface area contributed by atoms with Crippen molar-refractivity contribution in [2.24, 2.45) is 5.73 Å². The molecular weight excluding hydrogens is 248 g/mol. The molecule has 0 aliphatic carbocycles. The summed E-state index contributed by atoms with van der Waals surface area (Å²) < 4.78 is 11.2. The quantitative estimate of drug-likeness (QED) is 0.772. The van der Waals surface area contributed by atoms with Crippen LogP contribution in [0.15, 0.2) is 0 Å². The van der Waals surface area contributed by atoms with E-state index in [1.165, 1.54) is 0 Å². The highest BCUT2D eigenvalue weighted by atomic mass is 32.2. The van der Waals surface area contributed by atoms with Crippen LogP contribution in [0.3, 0.4) is 0 Å². The van der Waals surface area contributed by atoms with Crippen LogP contribution in [0.25, 0.3) is 0 Å². The van der Waals surface area contributed by atoms with Gasteiger partial charge in [-0.1, -0.05) is 13.8 Å². The summed E-state index contributed by atoms with van der Waals surface area (Å²) in [6.45, 7) is 9.36. The highest BCUT2D eigenvalue weighted by molar-refractivity contribution is 8.00. The summed E-state index contributed by atoms with van der Waals surface area (Å²) in [5.41, 5.74) is 5.74. The molecule has 0 aromatic heterocycles. The van der Waals surface area contributed by atoms with Crippen LogP contribution in [0, 0.1) is 0 Å². The fourth-order valence-electron chi connectivity index (χ4n) is 2.51. The Morgan fingerprint density at radius 1 is 1.33 bits per heavy atom. The lowest BCUT2D eigenvalue weighted by Crippen LogP contribution is -2.61. The first kappa shape index (κ1) is 16.2. The lowest BCUT2D eigenvalue weighted by molar-refractivity contribution is -0.180. The number of ether oxygens (including phenoxy) is 2. The summed E-state index contributed by atoms with van der Waals surface area (Å²) in [6.07, 6.45) is 0.877. The van der Waals surface area contributed by atoms with E-state index in [9.17, 15) is 0 Å². The molecule has 1 aliphatic heterocycles. The van der Waals surface area contributed by atoms with Gasteiger partial charge < -0.3 is 15.2 Å². The van der Waals surface area contributed by atoms with E-state index in [4.69, 9.17) is 15.2 Å². The molecule has 0 spiro atoms. The van der Waals surface area contributed by atoms with E-state index in [0.29, 0.717) is 11.3 Å². The van der Waals surface area contributed by atoms with E-state index in [2.05, 4.69) is 25.7 Å². The topological polar surface area (TPSA) is 47.7 Å². The van der Waals surface area contributed by atoms with Gasteiger partial charge >= 0.3 is 0 Å². The van der Waals surface area contributed by atoms with Gasteiger partial charge in [0.2, 0.25) is 0 Å². The highest BCUT2D eigenvalue weighted by Gasteiger charge is 2.41. The molecule has 5 heteroatoms. The van der Waals surface area contributed by atoms with E-state index in [1.807, 2.05) is 11.8 Å². The van der Waals surface area contributed by atoms with Crippen molar-refractivity contribution in [3.05, 3.63) is 0 Å². The molecule has 1 aliphatic rings. The van der Waals surface area contributed by atoms with E-state index in [1.54, 1.807) is 14.2 Å². The Hall–Kier alpha value is 0.190. The molecule has 2 N–H and O–H groups in total. The van der Waals surface area contributed by atoms with Gasteiger partial charge in [0.05, 0.1) is 5.54 Å². The smallest absolute Gasteiger partial charge is 0.176 e. The molecule has 1 fully saturated rings. The zero-order valence-corrected chi connectivity index (χ0v) is 13.2. The third kappa shape index (κ3) is 3.61. The Morgan fingerprint density at radius 3 is 2.44 bits per heavy atom. The van der Waals surface area contributed by atoms with Crippen molar-refractivity contribution in [2.45, 2.75) is 43.8 Å². The predicted octanol–water partition coefficient (Wildman–Crippen LogP) is 1.54. The molecule has 0 saturated carbocycles. The van der Waals surface area contributed by atoms with Crippen molar-refractivity contribution >= 4 is 11.8 Å². The summed E-state index contributed by atoms with van der Waals surface area (Å²) in [5.74, 6) is 1.13. The number of nitrogens with two attached hydrogens (primary N) is 1. The minimum atomic E-state index is -0.284. The van der Waals surface area contributed by atoms with Crippen molar-refractivity contribution in [1.82, 2.24) is 4.90 Å². The van der Waals surface area contributed by atoms with Crippen molar-refractivity contribution in [3.8, 4) is 0 Å².